The zero-order valence-corrected chi connectivity index (χ0v) is 17.4. The van der Waals surface area contributed by atoms with Crippen LogP contribution in [0.3, 0.4) is 0 Å². The second kappa shape index (κ2) is 8.58. The molecule has 8 heteroatoms. The number of hydrogen-bond acceptors (Lipinski definition) is 7. The number of aromatic nitrogens is 2. The summed E-state index contributed by atoms with van der Waals surface area (Å²) in [5.74, 6) is -0.169. The van der Waals surface area contributed by atoms with Gasteiger partial charge in [0.05, 0.1) is 11.1 Å². The molecule has 1 aliphatic heterocycles. The molecule has 0 aliphatic carbocycles. The summed E-state index contributed by atoms with van der Waals surface area (Å²) in [5, 5.41) is 4.93. The van der Waals surface area contributed by atoms with Gasteiger partial charge >= 0.3 is 5.97 Å². The molecular weight excluding hydrogens is 424 g/mol. The maximum Gasteiger partial charge on any atom is 0.359 e. The van der Waals surface area contributed by atoms with Gasteiger partial charge in [0.1, 0.15) is 13.2 Å². The van der Waals surface area contributed by atoms with Gasteiger partial charge in [0.2, 0.25) is 0 Å². The number of carbonyl (C=O) groups is 2. The number of ether oxygens (including phenoxy) is 3. The molecule has 0 amide bonds. The first kappa shape index (κ1) is 20.4. The van der Waals surface area contributed by atoms with Crippen LogP contribution in [0.15, 0.2) is 77.6 Å². The topological polar surface area (TPSA) is 96.7 Å². The molecule has 0 atom stereocenters. The van der Waals surface area contributed by atoms with E-state index < -0.39 is 18.4 Å². The molecule has 1 aromatic heterocycles. The molecule has 0 bridgehead atoms. The highest BCUT2D eigenvalue weighted by Gasteiger charge is 2.21. The van der Waals surface area contributed by atoms with E-state index in [1.807, 2.05) is 6.07 Å². The Balaban J connectivity index is 1.43. The van der Waals surface area contributed by atoms with Crippen LogP contribution in [0.25, 0.3) is 16.5 Å². The lowest BCUT2D eigenvalue weighted by Crippen LogP contribution is -2.26. The van der Waals surface area contributed by atoms with Crippen molar-refractivity contribution in [2.24, 2.45) is 0 Å². The fourth-order valence-electron chi connectivity index (χ4n) is 3.58. The number of nitrogens with zero attached hydrogens (tertiary/aromatic N) is 2. The zero-order valence-electron chi connectivity index (χ0n) is 17.4. The van der Waals surface area contributed by atoms with Crippen molar-refractivity contribution in [1.29, 1.82) is 0 Å². The van der Waals surface area contributed by atoms with Gasteiger partial charge in [0.25, 0.3) is 5.56 Å². The number of para-hydroxylation sites is 1. The third kappa shape index (κ3) is 3.94. The molecule has 5 rings (SSSR count). The van der Waals surface area contributed by atoms with Gasteiger partial charge in [0, 0.05) is 10.9 Å². The van der Waals surface area contributed by atoms with E-state index in [2.05, 4.69) is 5.10 Å². The second-order valence-electron chi connectivity index (χ2n) is 7.30. The predicted molar refractivity (Wildman–Crippen MR) is 119 cm³/mol. The first-order valence-electron chi connectivity index (χ1n) is 10.3. The Morgan fingerprint density at radius 3 is 2.36 bits per heavy atom. The molecule has 8 nitrogen and oxygen atoms in total. The van der Waals surface area contributed by atoms with Gasteiger partial charge in [-0.2, -0.15) is 9.78 Å². The highest BCUT2D eigenvalue weighted by Crippen LogP contribution is 2.30. The summed E-state index contributed by atoms with van der Waals surface area (Å²) >= 11 is 0. The van der Waals surface area contributed by atoms with Crippen molar-refractivity contribution in [3.8, 4) is 17.2 Å². The van der Waals surface area contributed by atoms with E-state index in [0.717, 1.165) is 4.68 Å². The maximum absolute atomic E-state index is 12.9. The van der Waals surface area contributed by atoms with Crippen LogP contribution in [0, 0.1) is 0 Å². The molecule has 0 unspecified atom stereocenters. The molecule has 33 heavy (non-hydrogen) atoms. The van der Waals surface area contributed by atoms with E-state index in [-0.39, 0.29) is 11.3 Å². The highest BCUT2D eigenvalue weighted by atomic mass is 16.6. The number of ketones is 1. The first-order valence-corrected chi connectivity index (χ1v) is 10.3. The minimum absolute atomic E-state index is 0.0518. The molecule has 0 spiro atoms. The van der Waals surface area contributed by atoms with Crippen LogP contribution in [-0.4, -0.2) is 41.4 Å². The fraction of sp³-hybridized carbons (Fsp3) is 0.120. The number of hydrogen-bond donors (Lipinski definition) is 0. The molecular formula is C25H18N2O6. The molecule has 0 saturated heterocycles. The smallest absolute Gasteiger partial charge is 0.359 e. The van der Waals surface area contributed by atoms with Gasteiger partial charge in [-0.15, -0.1) is 0 Å². The average Bonchev–Trinajstić information content (AvgIpc) is 2.87. The third-order valence-corrected chi connectivity index (χ3v) is 5.20. The monoisotopic (exact) mass is 442 g/mol. The van der Waals surface area contributed by atoms with Crippen LogP contribution in [0.4, 0.5) is 0 Å². The summed E-state index contributed by atoms with van der Waals surface area (Å²) in [5.41, 5.74) is 0.429. The number of carbonyl (C=O) groups excluding carboxylic acids is 2. The lowest BCUT2D eigenvalue weighted by Gasteiger charge is -2.18. The Morgan fingerprint density at radius 1 is 0.879 bits per heavy atom. The number of Topliss-reactive ketones (excluding diaryl/α,β-unsaturated/α-hetero) is 1. The van der Waals surface area contributed by atoms with E-state index in [1.165, 1.54) is 0 Å². The number of fused-ring (bicyclic) bond motifs is 2. The normalized spacial score (nSPS) is 12.4. The van der Waals surface area contributed by atoms with E-state index in [1.54, 1.807) is 66.7 Å². The number of benzene rings is 3. The summed E-state index contributed by atoms with van der Waals surface area (Å²) < 4.78 is 17.4. The van der Waals surface area contributed by atoms with Gasteiger partial charge in [-0.3, -0.25) is 9.59 Å². The molecule has 0 radical (unpaired) electrons. The summed E-state index contributed by atoms with van der Waals surface area (Å²) in [4.78, 5) is 38.5. The summed E-state index contributed by atoms with van der Waals surface area (Å²) in [6, 6.07) is 20.2. The largest absolute Gasteiger partial charge is 0.486 e. The standard InChI is InChI=1S/C25H18N2O6/c28-20(16-10-11-21-22(14-16)32-13-12-31-21)15-33-25(30)23-18-8-4-5-9-19(18)24(29)27(26-23)17-6-2-1-3-7-17/h1-11,14H,12-13,15H2. The van der Waals surface area contributed by atoms with Gasteiger partial charge in [-0.05, 0) is 36.4 Å². The summed E-state index contributed by atoms with van der Waals surface area (Å²) in [7, 11) is 0. The molecule has 1 aliphatic rings. The Hall–Kier alpha value is -4.46. The summed E-state index contributed by atoms with van der Waals surface area (Å²) in [6.07, 6.45) is 0. The van der Waals surface area contributed by atoms with Crippen molar-refractivity contribution in [1.82, 2.24) is 9.78 Å². The van der Waals surface area contributed by atoms with Crippen LogP contribution in [-0.2, 0) is 4.74 Å². The van der Waals surface area contributed by atoms with Crippen LogP contribution in [0.5, 0.6) is 11.5 Å². The quantitative estimate of drug-likeness (QED) is 0.346. The first-order chi connectivity index (χ1) is 16.1. The van der Waals surface area contributed by atoms with Crippen molar-refractivity contribution in [2.45, 2.75) is 0 Å². The Morgan fingerprint density at radius 2 is 1.58 bits per heavy atom. The van der Waals surface area contributed by atoms with Crippen LogP contribution < -0.4 is 15.0 Å². The van der Waals surface area contributed by atoms with Crippen molar-refractivity contribution in [3.05, 3.63) is 94.4 Å². The maximum atomic E-state index is 12.9. The lowest BCUT2D eigenvalue weighted by molar-refractivity contribution is 0.0469. The van der Waals surface area contributed by atoms with Crippen molar-refractivity contribution in [3.63, 3.8) is 0 Å². The number of esters is 1. The average molecular weight is 442 g/mol. The van der Waals surface area contributed by atoms with Crippen LogP contribution >= 0.6 is 0 Å². The second-order valence-corrected chi connectivity index (χ2v) is 7.30. The molecule has 0 N–H and O–H groups in total. The highest BCUT2D eigenvalue weighted by molar-refractivity contribution is 6.04. The SMILES string of the molecule is O=C(COC(=O)c1nn(-c2ccccc2)c(=O)c2ccccc12)c1ccc2c(c1)OCCO2. The molecule has 0 saturated carbocycles. The van der Waals surface area contributed by atoms with Gasteiger partial charge in [-0.25, -0.2) is 4.79 Å². The molecule has 164 valence electrons. The van der Waals surface area contributed by atoms with Crippen molar-refractivity contribution < 1.29 is 23.8 Å². The van der Waals surface area contributed by atoms with Crippen molar-refractivity contribution >= 4 is 22.5 Å². The third-order valence-electron chi connectivity index (χ3n) is 5.20. The minimum atomic E-state index is -0.804. The van der Waals surface area contributed by atoms with E-state index in [0.29, 0.717) is 46.7 Å². The number of rotatable bonds is 5. The minimum Gasteiger partial charge on any atom is -0.486 e. The summed E-state index contributed by atoms with van der Waals surface area (Å²) in [6.45, 7) is 0.360. The van der Waals surface area contributed by atoms with Gasteiger partial charge in [-0.1, -0.05) is 36.4 Å². The molecule has 0 fully saturated rings. The molecule has 2 heterocycles. The van der Waals surface area contributed by atoms with Crippen LogP contribution in [0.1, 0.15) is 20.8 Å². The van der Waals surface area contributed by atoms with E-state index >= 15 is 0 Å². The van der Waals surface area contributed by atoms with Crippen molar-refractivity contribution in [2.75, 3.05) is 19.8 Å². The van der Waals surface area contributed by atoms with E-state index in [9.17, 15) is 14.4 Å². The molecule has 4 aromatic rings. The van der Waals surface area contributed by atoms with Gasteiger partial charge < -0.3 is 14.2 Å². The predicted octanol–water partition coefficient (Wildman–Crippen LogP) is 3.20. The van der Waals surface area contributed by atoms with E-state index in [4.69, 9.17) is 14.2 Å². The fourth-order valence-corrected chi connectivity index (χ4v) is 3.58. The van der Waals surface area contributed by atoms with Gasteiger partial charge in [0.15, 0.2) is 29.6 Å². The lowest BCUT2D eigenvalue weighted by atomic mass is 10.1. The Kier molecular flexibility index (Phi) is 5.32. The zero-order chi connectivity index (χ0) is 22.8. The molecule has 3 aromatic carbocycles. The Bertz CT molecular complexity index is 1430. The Labute approximate surface area is 187 Å². The van der Waals surface area contributed by atoms with Crippen LogP contribution in [0.2, 0.25) is 0 Å².